The van der Waals surface area contributed by atoms with Crippen molar-refractivity contribution in [1.82, 2.24) is 15.5 Å². The number of nitrogens with zero attached hydrogens (tertiary/aromatic N) is 2. The fraction of sp³-hybridized carbons (Fsp3) is 0.533. The van der Waals surface area contributed by atoms with Crippen LogP contribution in [0.25, 0.3) is 0 Å². The van der Waals surface area contributed by atoms with Crippen molar-refractivity contribution in [3.8, 4) is 0 Å². The van der Waals surface area contributed by atoms with Crippen molar-refractivity contribution in [2.45, 2.75) is 36.6 Å². The van der Waals surface area contributed by atoms with Gasteiger partial charge in [-0.05, 0) is 43.6 Å². The highest BCUT2D eigenvalue weighted by Gasteiger charge is 2.28. The zero-order valence-electron chi connectivity index (χ0n) is 12.9. The monoisotopic (exact) mass is 368 g/mol. The van der Waals surface area contributed by atoms with Crippen LogP contribution in [0.1, 0.15) is 24.6 Å². The van der Waals surface area contributed by atoms with Crippen LogP contribution in [0.15, 0.2) is 21.9 Å². The molecular weight excluding hydrogens is 348 g/mol. The highest BCUT2D eigenvalue weighted by Crippen LogP contribution is 2.32. The predicted molar refractivity (Wildman–Crippen MR) is 97.5 cm³/mol. The van der Waals surface area contributed by atoms with Crippen LogP contribution in [0.3, 0.4) is 0 Å². The number of carbonyl (C=O) groups is 1. The number of carbonyl (C=O) groups excluding carboxylic acids is 1. The molecule has 8 heteroatoms. The van der Waals surface area contributed by atoms with Crippen LogP contribution in [-0.2, 0) is 11.2 Å². The van der Waals surface area contributed by atoms with Gasteiger partial charge < -0.3 is 10.6 Å². The molecule has 2 N–H and O–H groups in total. The van der Waals surface area contributed by atoms with Crippen LogP contribution < -0.4 is 10.6 Å². The maximum absolute atomic E-state index is 11.9. The Balaban J connectivity index is 1.35. The van der Waals surface area contributed by atoms with Gasteiger partial charge in [0.15, 0.2) is 4.34 Å². The Morgan fingerprint density at radius 2 is 2.35 bits per heavy atom. The van der Waals surface area contributed by atoms with E-state index in [1.54, 1.807) is 11.3 Å². The number of rotatable bonds is 9. The molecule has 124 valence electrons. The molecule has 1 aliphatic carbocycles. The Kier molecular flexibility index (Phi) is 5.91. The summed E-state index contributed by atoms with van der Waals surface area (Å²) < 4.78 is 0.831. The van der Waals surface area contributed by atoms with E-state index in [0.717, 1.165) is 22.4 Å². The molecule has 1 atom stereocenters. The number of thioether (sulfide) groups is 1. The molecule has 1 saturated carbocycles. The van der Waals surface area contributed by atoms with Gasteiger partial charge in [-0.25, -0.2) is 0 Å². The van der Waals surface area contributed by atoms with Gasteiger partial charge in [-0.2, -0.15) is 0 Å². The first-order valence-electron chi connectivity index (χ1n) is 7.72. The molecule has 0 aliphatic heterocycles. The van der Waals surface area contributed by atoms with E-state index in [1.807, 2.05) is 0 Å². The molecule has 2 heterocycles. The lowest BCUT2D eigenvalue weighted by Gasteiger charge is -2.11. The molecule has 0 radical (unpaired) electrons. The van der Waals surface area contributed by atoms with E-state index >= 15 is 0 Å². The molecule has 1 amide bonds. The van der Waals surface area contributed by atoms with Crippen LogP contribution in [0, 0.1) is 5.92 Å². The van der Waals surface area contributed by atoms with Gasteiger partial charge in [0.2, 0.25) is 11.0 Å². The summed E-state index contributed by atoms with van der Waals surface area (Å²) in [5, 5.41) is 17.5. The predicted octanol–water partition coefficient (Wildman–Crippen LogP) is 3.26. The highest BCUT2D eigenvalue weighted by molar-refractivity contribution is 8.01. The molecule has 1 unspecified atom stereocenters. The molecule has 2 aromatic rings. The maximum Gasteiger partial charge on any atom is 0.230 e. The normalized spacial score (nSPS) is 15.3. The van der Waals surface area contributed by atoms with Gasteiger partial charge in [0.1, 0.15) is 0 Å². The Hall–Kier alpha value is -1.12. The molecule has 1 fully saturated rings. The van der Waals surface area contributed by atoms with Crippen LogP contribution in [0.5, 0.6) is 0 Å². The van der Waals surface area contributed by atoms with Crippen molar-refractivity contribution in [2.75, 3.05) is 17.6 Å². The van der Waals surface area contributed by atoms with Crippen molar-refractivity contribution in [3.63, 3.8) is 0 Å². The molecule has 0 saturated heterocycles. The fourth-order valence-corrected chi connectivity index (χ4v) is 4.52. The van der Waals surface area contributed by atoms with E-state index in [2.05, 4.69) is 45.3 Å². The maximum atomic E-state index is 11.9. The van der Waals surface area contributed by atoms with Gasteiger partial charge in [0.25, 0.3) is 0 Å². The van der Waals surface area contributed by atoms with E-state index in [4.69, 9.17) is 0 Å². The first-order chi connectivity index (χ1) is 11.2. The fourth-order valence-electron chi connectivity index (χ4n) is 2.22. The average molecular weight is 369 g/mol. The minimum atomic E-state index is 0.0804. The molecule has 5 nitrogen and oxygen atoms in total. The summed E-state index contributed by atoms with van der Waals surface area (Å²) in [5.41, 5.74) is 0. The number of aromatic nitrogens is 2. The van der Waals surface area contributed by atoms with Gasteiger partial charge >= 0.3 is 0 Å². The Bertz CT molecular complexity index is 624. The number of hydrogen-bond acceptors (Lipinski definition) is 7. The van der Waals surface area contributed by atoms with E-state index in [1.165, 1.54) is 40.8 Å². The first-order valence-corrected chi connectivity index (χ1v) is 10.4. The minimum Gasteiger partial charge on any atom is -0.360 e. The second-order valence-electron chi connectivity index (χ2n) is 5.61. The standard InChI is InChI=1S/C15H20N4OS3/c1-10(11-4-5-11)17-13(20)9-22-15-19-18-14(23-15)16-7-6-12-3-2-8-21-12/h2-3,8,10-11H,4-7,9H2,1H3,(H,16,18)(H,17,20). The summed E-state index contributed by atoms with van der Waals surface area (Å²) in [6.45, 7) is 2.93. The Morgan fingerprint density at radius 3 is 3.09 bits per heavy atom. The summed E-state index contributed by atoms with van der Waals surface area (Å²) in [4.78, 5) is 13.2. The molecule has 23 heavy (non-hydrogen) atoms. The van der Waals surface area contributed by atoms with Crippen molar-refractivity contribution in [1.29, 1.82) is 0 Å². The summed E-state index contributed by atoms with van der Waals surface area (Å²) in [5.74, 6) is 1.17. The van der Waals surface area contributed by atoms with E-state index in [9.17, 15) is 4.79 Å². The van der Waals surface area contributed by atoms with Gasteiger partial charge in [0.05, 0.1) is 5.75 Å². The second kappa shape index (κ2) is 8.12. The van der Waals surface area contributed by atoms with Crippen molar-refractivity contribution >= 4 is 45.5 Å². The van der Waals surface area contributed by atoms with Crippen LogP contribution in [0.2, 0.25) is 0 Å². The molecule has 0 aromatic carbocycles. The van der Waals surface area contributed by atoms with E-state index < -0.39 is 0 Å². The van der Waals surface area contributed by atoms with Crippen LogP contribution >= 0.6 is 34.4 Å². The second-order valence-corrected chi connectivity index (χ2v) is 8.84. The molecule has 2 aromatic heterocycles. The topological polar surface area (TPSA) is 66.9 Å². The number of amides is 1. The lowest BCUT2D eigenvalue weighted by Crippen LogP contribution is -2.35. The zero-order valence-corrected chi connectivity index (χ0v) is 15.4. The number of anilines is 1. The third-order valence-electron chi connectivity index (χ3n) is 3.68. The molecular formula is C15H20N4OS3. The smallest absolute Gasteiger partial charge is 0.230 e. The molecule has 3 rings (SSSR count). The van der Waals surface area contributed by atoms with Gasteiger partial charge in [-0.1, -0.05) is 29.2 Å². The molecule has 0 bridgehead atoms. The Morgan fingerprint density at radius 1 is 1.48 bits per heavy atom. The third kappa shape index (κ3) is 5.47. The van der Waals surface area contributed by atoms with E-state index in [0.29, 0.717) is 17.7 Å². The molecule has 1 aliphatic rings. The number of hydrogen-bond donors (Lipinski definition) is 2. The van der Waals surface area contributed by atoms with Crippen LogP contribution in [0.4, 0.5) is 5.13 Å². The summed E-state index contributed by atoms with van der Waals surface area (Å²) >= 11 is 4.72. The summed E-state index contributed by atoms with van der Waals surface area (Å²) in [6, 6.07) is 4.50. The largest absolute Gasteiger partial charge is 0.360 e. The van der Waals surface area contributed by atoms with Gasteiger partial charge in [-0.3, -0.25) is 4.79 Å². The van der Waals surface area contributed by atoms with Crippen molar-refractivity contribution in [3.05, 3.63) is 22.4 Å². The quantitative estimate of drug-likeness (QED) is 0.665. The SMILES string of the molecule is CC(NC(=O)CSc1nnc(NCCc2cccs2)s1)C1CC1. The minimum absolute atomic E-state index is 0.0804. The summed E-state index contributed by atoms with van der Waals surface area (Å²) in [6.07, 6.45) is 3.47. The first kappa shape index (κ1) is 16.7. The third-order valence-corrected chi connectivity index (χ3v) is 6.63. The lowest BCUT2D eigenvalue weighted by molar-refractivity contribution is -0.119. The number of thiophene rings is 1. The lowest BCUT2D eigenvalue weighted by atomic mass is 10.2. The Labute approximate surface area is 148 Å². The highest BCUT2D eigenvalue weighted by atomic mass is 32.2. The van der Waals surface area contributed by atoms with E-state index in [-0.39, 0.29) is 5.91 Å². The zero-order chi connectivity index (χ0) is 16.1. The average Bonchev–Trinajstić information content (AvgIpc) is 3.08. The van der Waals surface area contributed by atoms with Crippen molar-refractivity contribution in [2.24, 2.45) is 5.92 Å². The van der Waals surface area contributed by atoms with Gasteiger partial charge in [0, 0.05) is 17.5 Å². The number of nitrogens with one attached hydrogen (secondary N) is 2. The van der Waals surface area contributed by atoms with Crippen molar-refractivity contribution < 1.29 is 4.79 Å². The summed E-state index contributed by atoms with van der Waals surface area (Å²) in [7, 11) is 0. The van der Waals surface area contributed by atoms with Gasteiger partial charge in [-0.15, -0.1) is 21.5 Å². The van der Waals surface area contributed by atoms with Crippen LogP contribution in [-0.4, -0.2) is 34.4 Å². The molecule has 0 spiro atoms.